The van der Waals surface area contributed by atoms with Crippen LogP contribution in [-0.4, -0.2) is 47.5 Å². The van der Waals surface area contributed by atoms with Gasteiger partial charge >= 0.3 is 0 Å². The fourth-order valence-electron chi connectivity index (χ4n) is 1.37. The fraction of sp³-hybridized carbons (Fsp3) is 0.455. The quantitative estimate of drug-likeness (QED) is 0.334. The zero-order valence-electron chi connectivity index (χ0n) is 9.68. The van der Waals surface area contributed by atoms with E-state index in [2.05, 4.69) is 0 Å². The van der Waals surface area contributed by atoms with Crippen LogP contribution in [0.5, 0.6) is 11.5 Å². The van der Waals surface area contributed by atoms with Gasteiger partial charge in [0.25, 0.3) is 0 Å². The van der Waals surface area contributed by atoms with Crippen LogP contribution >= 0.6 is 0 Å². The molecule has 1 unspecified atom stereocenters. The lowest BCUT2D eigenvalue weighted by molar-refractivity contribution is -0.874. The molecule has 16 heavy (non-hydrogen) atoms. The molecule has 5 heteroatoms. The molecule has 0 aliphatic heterocycles. The molecule has 4 nitrogen and oxygen atoms in total. The third-order valence-electron chi connectivity index (χ3n) is 2.10. The summed E-state index contributed by atoms with van der Waals surface area (Å²) in [6.45, 7) is 0.546. The van der Waals surface area contributed by atoms with Crippen molar-refractivity contribution >= 4 is 0 Å². The molecule has 0 fully saturated rings. The molecule has 0 amide bonds. The first-order chi connectivity index (χ1) is 6.79. The van der Waals surface area contributed by atoms with E-state index in [1.54, 1.807) is 6.07 Å². The van der Waals surface area contributed by atoms with Crippen LogP contribution in [0.2, 0.25) is 0 Å². The predicted molar refractivity (Wildman–Crippen MR) is 57.6 cm³/mol. The number of aliphatic hydroxyl groups excluding tert-OH is 1. The van der Waals surface area contributed by atoms with Crippen molar-refractivity contribution in [1.29, 1.82) is 0 Å². The molecule has 0 heterocycles. The Morgan fingerprint density at radius 3 is 2.12 bits per heavy atom. The summed E-state index contributed by atoms with van der Waals surface area (Å²) in [7, 11) is 5.93. The first kappa shape index (κ1) is 15.5. The Bertz CT molecular complexity index is 350. The second-order valence-electron chi connectivity index (χ2n) is 4.74. The van der Waals surface area contributed by atoms with Gasteiger partial charge in [0.1, 0.15) is 12.6 Å². The lowest BCUT2D eigenvalue weighted by atomic mass is 10.1. The molecule has 0 saturated heterocycles. The number of phenolic OH excluding ortho intramolecular Hbond substituents is 2. The second-order valence-corrected chi connectivity index (χ2v) is 4.74. The largest absolute Gasteiger partial charge is 1.00 e. The average Bonchev–Trinajstić information content (AvgIpc) is 2.06. The number of rotatable bonds is 3. The van der Waals surface area contributed by atoms with Crippen molar-refractivity contribution in [3.05, 3.63) is 23.8 Å². The monoisotopic (exact) mass is 339 g/mol. The summed E-state index contributed by atoms with van der Waals surface area (Å²) in [5.74, 6) is -0.371. The van der Waals surface area contributed by atoms with E-state index in [0.29, 0.717) is 16.6 Å². The molecule has 0 radical (unpaired) electrons. The molecule has 0 bridgehead atoms. The number of halogens is 1. The Balaban J connectivity index is 0.00000225. The van der Waals surface area contributed by atoms with Gasteiger partial charge in [-0.1, -0.05) is 6.07 Å². The Kier molecular flexibility index (Phi) is 5.51. The van der Waals surface area contributed by atoms with Crippen molar-refractivity contribution in [2.45, 2.75) is 6.10 Å². The second kappa shape index (κ2) is 5.70. The SMILES string of the molecule is C[N+](C)(C)CC(O)c1ccc(O)c(O)c1.[I-]. The molecule has 0 aliphatic carbocycles. The van der Waals surface area contributed by atoms with Crippen LogP contribution < -0.4 is 24.0 Å². The van der Waals surface area contributed by atoms with E-state index in [-0.39, 0.29) is 35.5 Å². The number of hydrogen-bond acceptors (Lipinski definition) is 3. The third kappa shape index (κ3) is 4.54. The molecule has 3 N–H and O–H groups in total. The molecular formula is C11H18INO3. The molecule has 92 valence electrons. The lowest BCUT2D eigenvalue weighted by Gasteiger charge is -2.26. The highest BCUT2D eigenvalue weighted by atomic mass is 127. The predicted octanol–water partition coefficient (Wildman–Crippen LogP) is -2.16. The molecule has 1 aromatic carbocycles. The third-order valence-corrected chi connectivity index (χ3v) is 2.10. The Hall–Kier alpha value is -0.530. The van der Waals surface area contributed by atoms with Crippen molar-refractivity contribution < 1.29 is 43.8 Å². The maximum atomic E-state index is 9.86. The van der Waals surface area contributed by atoms with Gasteiger partial charge in [-0.05, 0) is 17.7 Å². The number of quaternary nitrogens is 1. The minimum Gasteiger partial charge on any atom is -1.00 e. The summed E-state index contributed by atoms with van der Waals surface area (Å²) in [5.41, 5.74) is 0.610. The summed E-state index contributed by atoms with van der Waals surface area (Å²) < 4.78 is 0.628. The Morgan fingerprint density at radius 2 is 1.69 bits per heavy atom. The molecule has 0 aromatic heterocycles. The normalized spacial score (nSPS) is 13.0. The summed E-state index contributed by atoms with van der Waals surface area (Å²) in [4.78, 5) is 0. The molecule has 0 spiro atoms. The van der Waals surface area contributed by atoms with Crippen LogP contribution in [0.25, 0.3) is 0 Å². The fourth-order valence-corrected chi connectivity index (χ4v) is 1.37. The highest BCUT2D eigenvalue weighted by Gasteiger charge is 2.18. The summed E-state index contributed by atoms with van der Waals surface area (Å²) in [6, 6.07) is 4.37. The molecule has 1 aromatic rings. The average molecular weight is 339 g/mol. The van der Waals surface area contributed by atoms with Gasteiger partial charge in [0.15, 0.2) is 11.5 Å². The number of phenols is 2. The van der Waals surface area contributed by atoms with E-state index < -0.39 is 6.10 Å². The number of aromatic hydroxyl groups is 2. The molecule has 0 saturated carbocycles. The van der Waals surface area contributed by atoms with Gasteiger partial charge < -0.3 is 43.8 Å². The van der Waals surface area contributed by atoms with Crippen LogP contribution in [-0.2, 0) is 0 Å². The van der Waals surface area contributed by atoms with E-state index in [0.717, 1.165) is 0 Å². The smallest absolute Gasteiger partial charge is 0.157 e. The van der Waals surface area contributed by atoms with Crippen molar-refractivity contribution in [3.63, 3.8) is 0 Å². The van der Waals surface area contributed by atoms with Crippen molar-refractivity contribution in [3.8, 4) is 11.5 Å². The Morgan fingerprint density at radius 1 is 1.12 bits per heavy atom. The number of likely N-dealkylation sites (N-methyl/N-ethyl adjacent to an activating group) is 1. The van der Waals surface area contributed by atoms with E-state index in [4.69, 9.17) is 5.11 Å². The molecule has 0 aliphatic rings. The van der Waals surface area contributed by atoms with Crippen molar-refractivity contribution in [2.75, 3.05) is 27.7 Å². The van der Waals surface area contributed by atoms with Crippen molar-refractivity contribution in [1.82, 2.24) is 0 Å². The van der Waals surface area contributed by atoms with Crippen LogP contribution in [0.1, 0.15) is 11.7 Å². The van der Waals surface area contributed by atoms with Gasteiger partial charge in [-0.25, -0.2) is 0 Å². The maximum Gasteiger partial charge on any atom is 0.157 e. The summed E-state index contributed by atoms with van der Waals surface area (Å²) in [6.07, 6.45) is -0.642. The summed E-state index contributed by atoms with van der Waals surface area (Å²) in [5, 5.41) is 28.3. The standard InChI is InChI=1S/C11H17NO3.HI/c1-12(2,3)7-11(15)8-4-5-9(13)10(14)6-8;/h4-6,11,15H,7H2,1-3H3,(H-,13,14);1H. The lowest BCUT2D eigenvalue weighted by Crippen LogP contribution is -3.00. The van der Waals surface area contributed by atoms with E-state index >= 15 is 0 Å². The highest BCUT2D eigenvalue weighted by molar-refractivity contribution is 5.41. The number of hydrogen-bond donors (Lipinski definition) is 3. The highest BCUT2D eigenvalue weighted by Crippen LogP contribution is 2.28. The Labute approximate surface area is 113 Å². The first-order valence-corrected chi connectivity index (χ1v) is 4.80. The van der Waals surface area contributed by atoms with E-state index in [1.165, 1.54) is 12.1 Å². The van der Waals surface area contributed by atoms with Gasteiger partial charge in [-0.3, -0.25) is 0 Å². The molecular weight excluding hydrogens is 321 g/mol. The van der Waals surface area contributed by atoms with Gasteiger partial charge in [0, 0.05) is 0 Å². The molecule has 1 atom stereocenters. The first-order valence-electron chi connectivity index (χ1n) is 4.80. The van der Waals surface area contributed by atoms with Gasteiger partial charge in [0.2, 0.25) is 0 Å². The summed E-state index contributed by atoms with van der Waals surface area (Å²) >= 11 is 0. The van der Waals surface area contributed by atoms with Crippen LogP contribution in [0.4, 0.5) is 0 Å². The number of nitrogens with zero attached hydrogens (tertiary/aromatic N) is 1. The van der Waals surface area contributed by atoms with Gasteiger partial charge in [0.05, 0.1) is 21.1 Å². The zero-order valence-corrected chi connectivity index (χ0v) is 11.8. The van der Waals surface area contributed by atoms with Crippen LogP contribution in [0.3, 0.4) is 0 Å². The van der Waals surface area contributed by atoms with Crippen LogP contribution in [0.15, 0.2) is 18.2 Å². The van der Waals surface area contributed by atoms with Gasteiger partial charge in [-0.2, -0.15) is 0 Å². The van der Waals surface area contributed by atoms with Gasteiger partial charge in [-0.15, -0.1) is 0 Å². The number of aliphatic hydroxyl groups is 1. The zero-order chi connectivity index (χ0) is 11.6. The minimum atomic E-state index is -0.642. The molecule has 1 rings (SSSR count). The maximum absolute atomic E-state index is 9.86. The van der Waals surface area contributed by atoms with E-state index in [1.807, 2.05) is 21.1 Å². The van der Waals surface area contributed by atoms with Crippen molar-refractivity contribution in [2.24, 2.45) is 0 Å². The van der Waals surface area contributed by atoms with E-state index in [9.17, 15) is 10.2 Å². The number of benzene rings is 1. The van der Waals surface area contributed by atoms with Crippen LogP contribution in [0, 0.1) is 0 Å². The topological polar surface area (TPSA) is 60.7 Å². The minimum absolute atomic E-state index is 0.